The maximum atomic E-state index is 8.88. The van der Waals surface area contributed by atoms with Gasteiger partial charge in [0.05, 0.1) is 0 Å². The van der Waals surface area contributed by atoms with Crippen LogP contribution in [0, 0.1) is 0 Å². The number of hydrogen-bond donors (Lipinski definition) is 8. The zero-order valence-electron chi connectivity index (χ0n) is 10.6. The number of aromatic nitrogens is 3. The fourth-order valence-electron chi connectivity index (χ4n) is 1.03. The summed E-state index contributed by atoms with van der Waals surface area (Å²) in [6.45, 7) is 4.56. The van der Waals surface area contributed by atoms with E-state index in [4.69, 9.17) is 36.4 Å². The predicted octanol–water partition coefficient (Wildman–Crippen LogP) is -3.13. The topological polar surface area (TPSA) is 219 Å². The van der Waals surface area contributed by atoms with Crippen LogP contribution in [0.4, 0.5) is 17.8 Å². The van der Waals surface area contributed by atoms with E-state index in [1.54, 1.807) is 0 Å². The third kappa shape index (κ3) is 14.5. The zero-order valence-corrected chi connectivity index (χ0v) is 11.5. The second kappa shape index (κ2) is 9.36. The van der Waals surface area contributed by atoms with Crippen LogP contribution in [0.25, 0.3) is 0 Å². The minimum Gasteiger partial charge on any atom is -0.368 e. The number of nitrogens with two attached hydrogens (primary N) is 3. The first kappa shape index (κ1) is 18.4. The van der Waals surface area contributed by atoms with Crippen LogP contribution >= 0.6 is 7.82 Å². The Hall–Kier alpha value is -1.56. The molecule has 2 rings (SSSR count). The van der Waals surface area contributed by atoms with E-state index in [0.717, 1.165) is 26.2 Å². The van der Waals surface area contributed by atoms with Crippen molar-refractivity contribution < 1.29 is 19.2 Å². The minimum absolute atomic E-state index is 0.0417. The van der Waals surface area contributed by atoms with Crippen LogP contribution in [0.1, 0.15) is 0 Å². The van der Waals surface area contributed by atoms with E-state index in [0.29, 0.717) is 0 Å². The molecule has 1 aromatic heterocycles. The lowest BCUT2D eigenvalue weighted by Gasteiger charge is -2.11. The molecular formula is C7H19N8O4P. The SMILES string of the molecule is C1CNCCN1.Nc1nc(N)nc(N)n1.O=P(O)(O)O. The van der Waals surface area contributed by atoms with E-state index in [1.165, 1.54) is 0 Å². The van der Waals surface area contributed by atoms with Crippen molar-refractivity contribution in [1.82, 2.24) is 25.6 Å². The first-order valence-corrected chi connectivity index (χ1v) is 6.97. The minimum atomic E-state index is -4.64. The fraction of sp³-hybridized carbons (Fsp3) is 0.571. The Labute approximate surface area is 115 Å². The van der Waals surface area contributed by atoms with Gasteiger partial charge in [0.15, 0.2) is 0 Å². The van der Waals surface area contributed by atoms with Gasteiger partial charge in [-0.1, -0.05) is 0 Å². The van der Waals surface area contributed by atoms with Crippen molar-refractivity contribution in [3.63, 3.8) is 0 Å². The van der Waals surface area contributed by atoms with Gasteiger partial charge < -0.3 is 42.5 Å². The van der Waals surface area contributed by atoms with Crippen LogP contribution in [-0.4, -0.2) is 55.8 Å². The van der Waals surface area contributed by atoms with Crippen molar-refractivity contribution >= 4 is 25.7 Å². The lowest BCUT2D eigenvalue weighted by atomic mass is 10.4. The van der Waals surface area contributed by atoms with Gasteiger partial charge in [-0.2, -0.15) is 15.0 Å². The Morgan fingerprint density at radius 2 is 1.00 bits per heavy atom. The van der Waals surface area contributed by atoms with Crippen LogP contribution in [-0.2, 0) is 4.57 Å². The normalized spacial score (nSPS) is 14.3. The molecule has 1 saturated heterocycles. The van der Waals surface area contributed by atoms with E-state index >= 15 is 0 Å². The monoisotopic (exact) mass is 310 g/mol. The molecule has 0 aliphatic carbocycles. The van der Waals surface area contributed by atoms with Gasteiger partial charge in [-0.25, -0.2) is 4.57 Å². The lowest BCUT2D eigenvalue weighted by molar-refractivity contribution is 0.275. The number of nitrogen functional groups attached to an aromatic ring is 3. The van der Waals surface area contributed by atoms with Gasteiger partial charge in [-0.15, -0.1) is 0 Å². The molecule has 20 heavy (non-hydrogen) atoms. The number of nitrogens with zero attached hydrogens (tertiary/aromatic N) is 3. The van der Waals surface area contributed by atoms with Gasteiger partial charge in [0.25, 0.3) is 0 Å². The van der Waals surface area contributed by atoms with Crippen molar-refractivity contribution in [2.24, 2.45) is 0 Å². The summed E-state index contributed by atoms with van der Waals surface area (Å²) in [6, 6.07) is 0. The van der Waals surface area contributed by atoms with Crippen molar-refractivity contribution in [2.45, 2.75) is 0 Å². The van der Waals surface area contributed by atoms with Crippen LogP contribution < -0.4 is 27.8 Å². The van der Waals surface area contributed by atoms with E-state index in [9.17, 15) is 0 Å². The molecule has 0 spiro atoms. The molecule has 116 valence electrons. The Morgan fingerprint density at radius 3 is 1.15 bits per heavy atom. The molecule has 0 amide bonds. The molecule has 0 atom stereocenters. The van der Waals surface area contributed by atoms with E-state index in [-0.39, 0.29) is 17.8 Å². The number of nitrogens with one attached hydrogen (secondary N) is 2. The van der Waals surface area contributed by atoms with Crippen LogP contribution in [0.15, 0.2) is 0 Å². The number of hydrogen-bond acceptors (Lipinski definition) is 9. The highest BCUT2D eigenvalue weighted by atomic mass is 31.2. The molecule has 0 radical (unpaired) electrons. The molecule has 2 heterocycles. The lowest BCUT2D eigenvalue weighted by Crippen LogP contribution is -2.39. The van der Waals surface area contributed by atoms with Crippen LogP contribution in [0.3, 0.4) is 0 Å². The molecule has 1 fully saturated rings. The zero-order chi connectivity index (χ0) is 15.6. The van der Waals surface area contributed by atoms with Crippen LogP contribution in [0.2, 0.25) is 0 Å². The third-order valence-electron chi connectivity index (χ3n) is 1.64. The van der Waals surface area contributed by atoms with Gasteiger partial charge >= 0.3 is 7.82 Å². The molecule has 13 heteroatoms. The Bertz CT molecular complexity index is 367. The van der Waals surface area contributed by atoms with Gasteiger partial charge in [-0.3, -0.25) is 0 Å². The summed E-state index contributed by atoms with van der Waals surface area (Å²) >= 11 is 0. The Morgan fingerprint density at radius 1 is 0.800 bits per heavy atom. The number of anilines is 3. The molecule has 11 N–H and O–H groups in total. The fourth-order valence-corrected chi connectivity index (χ4v) is 1.03. The molecular weight excluding hydrogens is 291 g/mol. The summed E-state index contributed by atoms with van der Waals surface area (Å²) in [5.74, 6) is 0.125. The summed E-state index contributed by atoms with van der Waals surface area (Å²) < 4.78 is 8.88. The highest BCUT2D eigenvalue weighted by Gasteiger charge is 2.00. The first-order valence-electron chi connectivity index (χ1n) is 5.40. The van der Waals surface area contributed by atoms with Gasteiger partial charge in [0, 0.05) is 26.2 Å². The van der Waals surface area contributed by atoms with E-state index in [2.05, 4.69) is 25.6 Å². The number of phosphoric acid groups is 1. The summed E-state index contributed by atoms with van der Waals surface area (Å²) in [6.07, 6.45) is 0. The summed E-state index contributed by atoms with van der Waals surface area (Å²) in [7, 11) is -4.64. The summed E-state index contributed by atoms with van der Waals surface area (Å²) in [4.78, 5) is 32.0. The second-order valence-corrected chi connectivity index (χ2v) is 4.45. The van der Waals surface area contributed by atoms with E-state index < -0.39 is 7.82 Å². The predicted molar refractivity (Wildman–Crippen MR) is 73.1 cm³/mol. The smallest absolute Gasteiger partial charge is 0.368 e. The molecule has 0 bridgehead atoms. The van der Waals surface area contributed by atoms with Gasteiger partial charge in [0.2, 0.25) is 17.8 Å². The molecule has 1 aromatic rings. The quantitative estimate of drug-likeness (QED) is 0.223. The molecule has 0 saturated carbocycles. The maximum Gasteiger partial charge on any atom is 0.466 e. The number of rotatable bonds is 0. The number of piperazine rings is 1. The van der Waals surface area contributed by atoms with Crippen molar-refractivity contribution in [2.75, 3.05) is 43.4 Å². The molecule has 0 unspecified atom stereocenters. The first-order chi connectivity index (χ1) is 9.18. The largest absolute Gasteiger partial charge is 0.466 e. The second-order valence-electron chi connectivity index (χ2n) is 3.42. The third-order valence-corrected chi connectivity index (χ3v) is 1.64. The van der Waals surface area contributed by atoms with E-state index in [1.807, 2.05) is 0 Å². The molecule has 1 aliphatic heterocycles. The Balaban J connectivity index is 0.000000288. The molecule has 0 aromatic carbocycles. The molecule has 1 aliphatic rings. The maximum absolute atomic E-state index is 8.88. The standard InChI is InChI=1S/C4H10N2.C3H6N6.H3O4P/c1-2-6-4-3-5-1;4-1-7-2(5)9-3(6)8-1;1-5(2,3)4/h5-6H,1-4H2;(H6,4,5,6,7,8,9);(H3,1,2,3,4). The molecule has 12 nitrogen and oxygen atoms in total. The van der Waals surface area contributed by atoms with Gasteiger partial charge in [-0.05, 0) is 0 Å². The van der Waals surface area contributed by atoms with Crippen LogP contribution in [0.5, 0.6) is 0 Å². The van der Waals surface area contributed by atoms with Crippen molar-refractivity contribution in [3.8, 4) is 0 Å². The summed E-state index contributed by atoms with van der Waals surface area (Å²) in [5, 5.41) is 6.44. The van der Waals surface area contributed by atoms with Crippen molar-refractivity contribution in [3.05, 3.63) is 0 Å². The average molecular weight is 310 g/mol. The highest BCUT2D eigenvalue weighted by Crippen LogP contribution is 2.25. The Kier molecular flexibility index (Phi) is 8.63. The van der Waals surface area contributed by atoms with Crippen molar-refractivity contribution in [1.29, 1.82) is 0 Å². The highest BCUT2D eigenvalue weighted by molar-refractivity contribution is 7.45. The summed E-state index contributed by atoms with van der Waals surface area (Å²) in [5.41, 5.74) is 15.4. The average Bonchev–Trinajstić information content (AvgIpc) is 2.27. The van der Waals surface area contributed by atoms with Gasteiger partial charge in [0.1, 0.15) is 0 Å².